The number of nitrogens with zero attached hydrogens (tertiary/aromatic N) is 5. The first-order chi connectivity index (χ1) is 12.8. The van der Waals surface area contributed by atoms with Crippen molar-refractivity contribution in [3.8, 4) is 0 Å². The van der Waals surface area contributed by atoms with Gasteiger partial charge in [-0.3, -0.25) is 14.4 Å². The van der Waals surface area contributed by atoms with Crippen molar-refractivity contribution < 1.29 is 0 Å². The van der Waals surface area contributed by atoms with Crippen molar-refractivity contribution in [2.45, 2.75) is 65.0 Å². The molecule has 1 aliphatic carbocycles. The summed E-state index contributed by atoms with van der Waals surface area (Å²) < 4.78 is 3.75. The minimum Gasteiger partial charge on any atom is -0.297 e. The fourth-order valence-corrected chi connectivity index (χ4v) is 4.30. The molecule has 0 aromatic carbocycles. The Morgan fingerprint density at radius 1 is 1.11 bits per heavy atom. The molecule has 1 aliphatic heterocycles. The lowest BCUT2D eigenvalue weighted by Gasteiger charge is -2.39. The standard InChI is InChI=1S/C21H31N5O/c1-21(2,3)19-9-10-20(27)26(23-19)13-15-11-25(12-15)14-18-16-7-5-6-8-17(16)22-24(18)4/h9-10,15H,5-8,11-14H2,1-4H3. The third-order valence-electron chi connectivity index (χ3n) is 5.92. The SMILES string of the molecule is Cn1nc2c(c1CN1CC(Cn3nc(C(C)(C)C)ccc3=O)C1)CCCC2. The van der Waals surface area contributed by atoms with E-state index in [4.69, 9.17) is 5.10 Å². The smallest absolute Gasteiger partial charge is 0.266 e. The Balaban J connectivity index is 1.38. The van der Waals surface area contributed by atoms with Crippen LogP contribution in [-0.2, 0) is 38.4 Å². The summed E-state index contributed by atoms with van der Waals surface area (Å²) in [5.41, 5.74) is 5.11. The summed E-state index contributed by atoms with van der Waals surface area (Å²) in [6, 6.07) is 3.52. The Morgan fingerprint density at radius 2 is 1.85 bits per heavy atom. The van der Waals surface area contributed by atoms with Crippen molar-refractivity contribution >= 4 is 0 Å². The topological polar surface area (TPSA) is 56.0 Å². The summed E-state index contributed by atoms with van der Waals surface area (Å²) in [6.07, 6.45) is 4.86. The van der Waals surface area contributed by atoms with E-state index in [1.807, 2.05) is 6.07 Å². The molecule has 4 rings (SSSR count). The highest BCUT2D eigenvalue weighted by Crippen LogP contribution is 2.27. The summed E-state index contributed by atoms with van der Waals surface area (Å²) >= 11 is 0. The summed E-state index contributed by atoms with van der Waals surface area (Å²) in [5.74, 6) is 0.495. The van der Waals surface area contributed by atoms with Crippen LogP contribution in [0.25, 0.3) is 0 Å². The Kier molecular flexibility index (Phi) is 4.70. The van der Waals surface area contributed by atoms with Crippen LogP contribution in [-0.4, -0.2) is 37.6 Å². The van der Waals surface area contributed by atoms with Gasteiger partial charge in [0.25, 0.3) is 5.56 Å². The van der Waals surface area contributed by atoms with E-state index < -0.39 is 0 Å². The van der Waals surface area contributed by atoms with Crippen LogP contribution < -0.4 is 5.56 Å². The van der Waals surface area contributed by atoms with Crippen LogP contribution in [0.5, 0.6) is 0 Å². The average molecular weight is 370 g/mol. The molecule has 146 valence electrons. The number of hydrogen-bond acceptors (Lipinski definition) is 4. The monoisotopic (exact) mass is 369 g/mol. The Labute approximate surface area is 161 Å². The van der Waals surface area contributed by atoms with Crippen molar-refractivity contribution in [1.82, 2.24) is 24.5 Å². The van der Waals surface area contributed by atoms with Gasteiger partial charge in [-0.1, -0.05) is 20.8 Å². The minimum absolute atomic E-state index is 0.00199. The predicted octanol–water partition coefficient (Wildman–Crippen LogP) is 2.29. The second-order valence-corrected chi connectivity index (χ2v) is 9.25. The number of aryl methyl sites for hydroxylation is 2. The van der Waals surface area contributed by atoms with Gasteiger partial charge in [0.1, 0.15) is 0 Å². The number of rotatable bonds is 4. The van der Waals surface area contributed by atoms with Gasteiger partial charge in [0, 0.05) is 44.1 Å². The van der Waals surface area contributed by atoms with Crippen molar-refractivity contribution in [2.24, 2.45) is 13.0 Å². The van der Waals surface area contributed by atoms with E-state index >= 15 is 0 Å². The third kappa shape index (κ3) is 3.72. The van der Waals surface area contributed by atoms with Gasteiger partial charge in [-0.05, 0) is 37.3 Å². The van der Waals surface area contributed by atoms with Crippen LogP contribution in [0.15, 0.2) is 16.9 Å². The maximum absolute atomic E-state index is 12.2. The molecule has 0 atom stereocenters. The molecule has 2 aliphatic rings. The molecule has 1 saturated heterocycles. The molecule has 0 unspecified atom stereocenters. The predicted molar refractivity (Wildman–Crippen MR) is 106 cm³/mol. The molecule has 3 heterocycles. The zero-order valence-corrected chi connectivity index (χ0v) is 17.0. The molecular formula is C21H31N5O. The van der Waals surface area contributed by atoms with Crippen molar-refractivity contribution in [3.05, 3.63) is 45.1 Å². The van der Waals surface area contributed by atoms with Crippen molar-refractivity contribution in [1.29, 1.82) is 0 Å². The third-order valence-corrected chi connectivity index (χ3v) is 5.92. The highest BCUT2D eigenvalue weighted by molar-refractivity contribution is 5.28. The molecule has 1 fully saturated rings. The van der Waals surface area contributed by atoms with Crippen molar-refractivity contribution in [2.75, 3.05) is 13.1 Å². The molecule has 0 saturated carbocycles. The molecule has 0 spiro atoms. The van der Waals surface area contributed by atoms with E-state index in [1.165, 1.54) is 36.2 Å². The first-order valence-corrected chi connectivity index (χ1v) is 10.2. The highest BCUT2D eigenvalue weighted by atomic mass is 16.1. The van der Waals surface area contributed by atoms with Gasteiger partial charge in [-0.2, -0.15) is 10.2 Å². The lowest BCUT2D eigenvalue weighted by Crippen LogP contribution is -2.49. The number of fused-ring (bicyclic) bond motifs is 1. The fraction of sp³-hybridized carbons (Fsp3) is 0.667. The molecule has 0 amide bonds. The van der Waals surface area contributed by atoms with Crippen LogP contribution in [0.4, 0.5) is 0 Å². The van der Waals surface area contributed by atoms with Gasteiger partial charge < -0.3 is 0 Å². The van der Waals surface area contributed by atoms with Crippen LogP contribution in [0.3, 0.4) is 0 Å². The fourth-order valence-electron chi connectivity index (χ4n) is 4.30. The average Bonchev–Trinajstić information content (AvgIpc) is 2.89. The number of aromatic nitrogens is 4. The number of hydrogen-bond donors (Lipinski definition) is 0. The Bertz CT molecular complexity index is 883. The zero-order valence-electron chi connectivity index (χ0n) is 17.0. The first-order valence-electron chi connectivity index (χ1n) is 10.2. The quantitative estimate of drug-likeness (QED) is 0.830. The van der Waals surface area contributed by atoms with Gasteiger partial charge >= 0.3 is 0 Å². The molecule has 6 heteroatoms. The molecule has 27 heavy (non-hydrogen) atoms. The normalized spacial score (nSPS) is 18.4. The summed E-state index contributed by atoms with van der Waals surface area (Å²) in [5, 5.41) is 9.34. The Hall–Kier alpha value is -1.95. The number of likely N-dealkylation sites (tertiary alicyclic amines) is 1. The van der Waals surface area contributed by atoms with Gasteiger partial charge in [0.2, 0.25) is 0 Å². The van der Waals surface area contributed by atoms with E-state index in [2.05, 4.69) is 42.5 Å². The van der Waals surface area contributed by atoms with Crippen LogP contribution >= 0.6 is 0 Å². The zero-order chi connectivity index (χ0) is 19.2. The summed E-state index contributed by atoms with van der Waals surface area (Å²) in [7, 11) is 2.08. The minimum atomic E-state index is -0.0419. The second kappa shape index (κ2) is 6.89. The van der Waals surface area contributed by atoms with Crippen LogP contribution in [0.1, 0.15) is 56.3 Å². The molecule has 6 nitrogen and oxygen atoms in total. The molecule has 0 bridgehead atoms. The maximum Gasteiger partial charge on any atom is 0.266 e. The maximum atomic E-state index is 12.2. The van der Waals surface area contributed by atoms with Gasteiger partial charge in [-0.15, -0.1) is 0 Å². The van der Waals surface area contributed by atoms with Gasteiger partial charge in [-0.25, -0.2) is 4.68 Å². The van der Waals surface area contributed by atoms with Gasteiger partial charge in [0.15, 0.2) is 0 Å². The Morgan fingerprint density at radius 3 is 2.59 bits per heavy atom. The second-order valence-electron chi connectivity index (χ2n) is 9.25. The summed E-state index contributed by atoms with van der Waals surface area (Å²) in [6.45, 7) is 10.1. The van der Waals surface area contributed by atoms with E-state index in [9.17, 15) is 4.79 Å². The van der Waals surface area contributed by atoms with E-state index in [0.717, 1.165) is 31.7 Å². The molecule has 0 N–H and O–H groups in total. The largest absolute Gasteiger partial charge is 0.297 e. The highest BCUT2D eigenvalue weighted by Gasteiger charge is 2.30. The van der Waals surface area contributed by atoms with E-state index in [1.54, 1.807) is 10.7 Å². The first kappa shape index (κ1) is 18.4. The van der Waals surface area contributed by atoms with Crippen molar-refractivity contribution in [3.63, 3.8) is 0 Å². The lowest BCUT2D eigenvalue weighted by molar-refractivity contribution is 0.0736. The molecular weight excluding hydrogens is 338 g/mol. The molecule has 2 aromatic heterocycles. The van der Waals surface area contributed by atoms with Crippen LogP contribution in [0.2, 0.25) is 0 Å². The summed E-state index contributed by atoms with van der Waals surface area (Å²) in [4.78, 5) is 14.7. The van der Waals surface area contributed by atoms with E-state index in [-0.39, 0.29) is 11.0 Å². The van der Waals surface area contributed by atoms with Gasteiger partial charge in [0.05, 0.1) is 23.6 Å². The van der Waals surface area contributed by atoms with Crippen LogP contribution in [0, 0.1) is 5.92 Å². The lowest BCUT2D eigenvalue weighted by atomic mass is 9.92. The van der Waals surface area contributed by atoms with E-state index in [0.29, 0.717) is 12.5 Å². The molecule has 2 aromatic rings. The molecule has 0 radical (unpaired) electrons.